The number of nitrogens with one attached hydrogen (secondary N) is 1. The second-order valence-corrected chi connectivity index (χ2v) is 8.02. The second kappa shape index (κ2) is 8.64. The fourth-order valence-electron chi connectivity index (χ4n) is 4.09. The van der Waals surface area contributed by atoms with Crippen LogP contribution in [0.2, 0.25) is 0 Å². The van der Waals surface area contributed by atoms with E-state index in [1.54, 1.807) is 19.2 Å². The molecule has 2 heterocycles. The lowest BCUT2D eigenvalue weighted by Crippen LogP contribution is -2.00. The number of hydrogen-bond acceptors (Lipinski definition) is 6. The van der Waals surface area contributed by atoms with Crippen molar-refractivity contribution < 1.29 is 13.5 Å². The van der Waals surface area contributed by atoms with Crippen LogP contribution >= 0.6 is 0 Å². The van der Waals surface area contributed by atoms with Crippen molar-refractivity contribution in [2.45, 2.75) is 13.5 Å². The first kappa shape index (κ1) is 21.7. The van der Waals surface area contributed by atoms with E-state index in [-0.39, 0.29) is 5.82 Å². The van der Waals surface area contributed by atoms with Crippen LogP contribution in [0.4, 0.5) is 15.8 Å². The van der Waals surface area contributed by atoms with Crippen LogP contribution in [0.25, 0.3) is 33.7 Å². The fourth-order valence-corrected chi connectivity index (χ4v) is 4.09. The molecule has 0 spiro atoms. The largest absolute Gasteiger partial charge is 0.496 e. The maximum absolute atomic E-state index is 13.4. The molecule has 0 aliphatic carbocycles. The molecule has 0 saturated heterocycles. The molecule has 0 atom stereocenters. The molecule has 5 aromatic rings. The summed E-state index contributed by atoms with van der Waals surface area (Å²) in [6, 6.07) is 16.1. The van der Waals surface area contributed by atoms with Crippen LogP contribution in [0, 0.1) is 12.7 Å². The summed E-state index contributed by atoms with van der Waals surface area (Å²) in [5.74, 6) is 1.78. The number of anilines is 2. The molecule has 7 nitrogen and oxygen atoms in total. The zero-order valence-corrected chi connectivity index (χ0v) is 19.1. The van der Waals surface area contributed by atoms with Gasteiger partial charge in [0.05, 0.1) is 29.6 Å². The Kier molecular flexibility index (Phi) is 5.51. The van der Waals surface area contributed by atoms with Crippen LogP contribution in [0.5, 0.6) is 5.75 Å². The van der Waals surface area contributed by atoms with Crippen molar-refractivity contribution in [3.05, 3.63) is 78.1 Å². The molecular weight excluding hydrogens is 433 g/mol. The van der Waals surface area contributed by atoms with E-state index in [2.05, 4.69) is 10.3 Å². The number of nitrogens with zero attached hydrogens (tertiary/aromatic N) is 3. The molecule has 0 radical (unpaired) electrons. The Balaban J connectivity index is 1.59. The number of ether oxygens (including phenoxy) is 1. The summed E-state index contributed by atoms with van der Waals surface area (Å²) in [7, 11) is 3.56. The number of nitrogens with two attached hydrogens (primary N) is 1. The van der Waals surface area contributed by atoms with Gasteiger partial charge in [0.2, 0.25) is 0 Å². The fraction of sp³-hybridized carbons (Fsp3) is 0.154. The average molecular weight is 458 g/mol. The first-order chi connectivity index (χ1) is 16.5. The van der Waals surface area contributed by atoms with Crippen molar-refractivity contribution in [2.24, 2.45) is 12.8 Å². The molecule has 0 aliphatic rings. The monoisotopic (exact) mass is 457 g/mol. The Bertz CT molecular complexity index is 1490. The van der Waals surface area contributed by atoms with Crippen LogP contribution in [0.1, 0.15) is 11.3 Å². The summed E-state index contributed by atoms with van der Waals surface area (Å²) >= 11 is 0. The Morgan fingerprint density at radius 2 is 1.91 bits per heavy atom. The molecular formula is C26H24FN5O2. The lowest BCUT2D eigenvalue weighted by Gasteiger charge is -2.13. The van der Waals surface area contributed by atoms with Gasteiger partial charge in [-0.15, -0.1) is 0 Å². The molecule has 0 amide bonds. The van der Waals surface area contributed by atoms with Gasteiger partial charge >= 0.3 is 0 Å². The van der Waals surface area contributed by atoms with Crippen molar-refractivity contribution in [1.82, 2.24) is 14.5 Å². The summed E-state index contributed by atoms with van der Waals surface area (Å²) in [6.45, 7) is 2.27. The summed E-state index contributed by atoms with van der Waals surface area (Å²) in [5, 5.41) is 3.47. The van der Waals surface area contributed by atoms with E-state index in [0.29, 0.717) is 18.1 Å². The molecule has 0 saturated carbocycles. The van der Waals surface area contributed by atoms with E-state index < -0.39 is 0 Å². The van der Waals surface area contributed by atoms with Crippen LogP contribution in [-0.4, -0.2) is 21.6 Å². The van der Waals surface area contributed by atoms with Gasteiger partial charge in [0.25, 0.3) is 0 Å². The van der Waals surface area contributed by atoms with E-state index in [4.69, 9.17) is 19.9 Å². The highest BCUT2D eigenvalue weighted by atomic mass is 19.1. The van der Waals surface area contributed by atoms with Crippen LogP contribution < -0.4 is 15.8 Å². The zero-order chi connectivity index (χ0) is 23.8. The van der Waals surface area contributed by atoms with Crippen molar-refractivity contribution in [2.75, 3.05) is 12.4 Å². The molecule has 3 N–H and O–H groups in total. The maximum atomic E-state index is 13.4. The van der Waals surface area contributed by atoms with E-state index in [1.807, 2.05) is 48.9 Å². The van der Waals surface area contributed by atoms with Gasteiger partial charge < -0.3 is 24.8 Å². The molecule has 172 valence electrons. The van der Waals surface area contributed by atoms with E-state index in [1.165, 1.54) is 18.5 Å². The number of oxazole rings is 1. The minimum atomic E-state index is -0.284. The number of aryl methyl sites for hydroxylation is 2. The predicted octanol–water partition coefficient (Wildman–Crippen LogP) is 5.55. The number of methoxy groups -OCH3 is 1. The first-order valence-corrected chi connectivity index (χ1v) is 10.8. The first-order valence-electron chi connectivity index (χ1n) is 10.8. The molecule has 5 rings (SSSR count). The van der Waals surface area contributed by atoms with E-state index in [9.17, 15) is 4.39 Å². The van der Waals surface area contributed by atoms with Crippen molar-refractivity contribution in [3.8, 4) is 28.5 Å². The normalized spacial score (nSPS) is 11.2. The van der Waals surface area contributed by atoms with Gasteiger partial charge in [0, 0.05) is 30.9 Å². The smallest absolute Gasteiger partial charge is 0.181 e. The van der Waals surface area contributed by atoms with Crippen LogP contribution in [-0.2, 0) is 13.6 Å². The Morgan fingerprint density at radius 1 is 1.12 bits per heavy atom. The number of halogens is 1. The Labute approximate surface area is 196 Å². The zero-order valence-electron chi connectivity index (χ0n) is 19.1. The SMILES string of the molecule is COc1cc(Nc2cc(CN)cc3c2nc(-c2ccc(F)cc2)n3C)ccc1-c1ocnc1C. The average Bonchev–Trinajstić information content (AvgIpc) is 3.42. The minimum absolute atomic E-state index is 0.284. The standard InChI is InChI=1S/C26H24FN5O2/c1-15-25(34-14-29-15)20-9-8-19(12-23(20)33-3)30-21-10-16(13-28)11-22-24(21)31-26(32(22)2)17-4-6-18(27)7-5-17/h4-12,14,30H,13,28H2,1-3H3. The van der Waals surface area contributed by atoms with Gasteiger partial charge in [0.15, 0.2) is 12.2 Å². The number of benzene rings is 3. The molecule has 0 fully saturated rings. The lowest BCUT2D eigenvalue weighted by molar-refractivity contribution is 0.415. The lowest BCUT2D eigenvalue weighted by atomic mass is 10.1. The quantitative estimate of drug-likeness (QED) is 0.347. The molecule has 0 unspecified atom stereocenters. The summed E-state index contributed by atoms with van der Waals surface area (Å²) in [6.07, 6.45) is 1.42. The summed E-state index contributed by atoms with van der Waals surface area (Å²) < 4.78 is 26.6. The highest BCUT2D eigenvalue weighted by Gasteiger charge is 2.17. The molecule has 0 aliphatic heterocycles. The van der Waals surface area contributed by atoms with Gasteiger partial charge in [-0.2, -0.15) is 0 Å². The molecule has 2 aromatic heterocycles. The van der Waals surface area contributed by atoms with Crippen molar-refractivity contribution in [1.29, 1.82) is 0 Å². The minimum Gasteiger partial charge on any atom is -0.496 e. The summed E-state index contributed by atoms with van der Waals surface area (Å²) in [5.41, 5.74) is 12.7. The Morgan fingerprint density at radius 3 is 2.59 bits per heavy atom. The van der Waals surface area contributed by atoms with Gasteiger partial charge in [-0.1, -0.05) is 0 Å². The van der Waals surface area contributed by atoms with Gasteiger partial charge in [-0.3, -0.25) is 0 Å². The third-order valence-corrected chi connectivity index (χ3v) is 5.86. The number of imidazole rings is 1. The number of fused-ring (bicyclic) bond motifs is 1. The van der Waals surface area contributed by atoms with Gasteiger partial charge in [-0.05, 0) is 61.0 Å². The third-order valence-electron chi connectivity index (χ3n) is 5.86. The molecule has 8 heteroatoms. The second-order valence-electron chi connectivity index (χ2n) is 8.02. The Hall–Kier alpha value is -4.17. The number of hydrogen-bond donors (Lipinski definition) is 2. The third kappa shape index (κ3) is 3.78. The topological polar surface area (TPSA) is 91.1 Å². The van der Waals surface area contributed by atoms with Gasteiger partial charge in [-0.25, -0.2) is 14.4 Å². The highest BCUT2D eigenvalue weighted by Crippen LogP contribution is 2.36. The van der Waals surface area contributed by atoms with Crippen LogP contribution in [0.3, 0.4) is 0 Å². The van der Waals surface area contributed by atoms with Crippen LogP contribution in [0.15, 0.2) is 65.4 Å². The molecule has 0 bridgehead atoms. The number of aromatic nitrogens is 3. The predicted molar refractivity (Wildman–Crippen MR) is 131 cm³/mol. The van der Waals surface area contributed by atoms with E-state index >= 15 is 0 Å². The molecule has 3 aromatic carbocycles. The van der Waals surface area contributed by atoms with Crippen molar-refractivity contribution >= 4 is 22.4 Å². The summed E-state index contributed by atoms with van der Waals surface area (Å²) in [4.78, 5) is 9.05. The molecule has 34 heavy (non-hydrogen) atoms. The van der Waals surface area contributed by atoms with Gasteiger partial charge in [0.1, 0.15) is 22.9 Å². The van der Waals surface area contributed by atoms with Crippen molar-refractivity contribution in [3.63, 3.8) is 0 Å². The maximum Gasteiger partial charge on any atom is 0.181 e. The number of rotatable bonds is 6. The van der Waals surface area contributed by atoms with E-state index in [0.717, 1.165) is 50.6 Å². The highest BCUT2D eigenvalue weighted by molar-refractivity contribution is 5.94.